The third-order valence-electron chi connectivity index (χ3n) is 6.32. The van der Waals surface area contributed by atoms with Crippen LogP contribution in [0.1, 0.15) is 47.1 Å². The Morgan fingerprint density at radius 3 is 2.42 bits per heavy atom. The SMILES string of the molecule is CSC1O[C@@H](c2ccc(C3CC3)c(Cc3ccc4c(c3)OCCO4)c2)[C@H](O)[C@@H](O)[C@@H]1O. The van der Waals surface area contributed by atoms with E-state index in [-0.39, 0.29) is 0 Å². The summed E-state index contributed by atoms with van der Waals surface area (Å²) < 4.78 is 17.4. The van der Waals surface area contributed by atoms with Crippen molar-refractivity contribution in [2.45, 2.75) is 55.0 Å². The van der Waals surface area contributed by atoms with Gasteiger partial charge >= 0.3 is 0 Å². The van der Waals surface area contributed by atoms with Crippen LogP contribution >= 0.6 is 11.8 Å². The van der Waals surface area contributed by atoms with Gasteiger partial charge in [-0.3, -0.25) is 0 Å². The van der Waals surface area contributed by atoms with Crippen LogP contribution in [0.3, 0.4) is 0 Å². The van der Waals surface area contributed by atoms with Gasteiger partial charge in [0.2, 0.25) is 0 Å². The van der Waals surface area contributed by atoms with Gasteiger partial charge in [0.05, 0.1) is 0 Å². The number of fused-ring (bicyclic) bond motifs is 1. The van der Waals surface area contributed by atoms with Crippen molar-refractivity contribution < 1.29 is 29.5 Å². The molecule has 1 saturated heterocycles. The minimum Gasteiger partial charge on any atom is -0.486 e. The number of thioether (sulfide) groups is 1. The second-order valence-corrected chi connectivity index (χ2v) is 9.46. The van der Waals surface area contributed by atoms with Crippen LogP contribution in [0.25, 0.3) is 0 Å². The Balaban J connectivity index is 1.45. The van der Waals surface area contributed by atoms with Crippen molar-refractivity contribution in [3.05, 3.63) is 58.7 Å². The number of benzene rings is 2. The van der Waals surface area contributed by atoms with Crippen molar-refractivity contribution in [1.29, 1.82) is 0 Å². The number of aliphatic hydroxyl groups excluding tert-OH is 3. The van der Waals surface area contributed by atoms with E-state index >= 15 is 0 Å². The number of hydrogen-bond donors (Lipinski definition) is 3. The molecule has 2 fully saturated rings. The predicted octanol–water partition coefficient (Wildman–Crippen LogP) is 2.77. The van der Waals surface area contributed by atoms with Gasteiger partial charge < -0.3 is 29.5 Å². The Labute approximate surface area is 186 Å². The first-order chi connectivity index (χ1) is 15.0. The van der Waals surface area contributed by atoms with Crippen molar-refractivity contribution >= 4 is 11.8 Å². The molecular weight excluding hydrogens is 416 g/mol. The van der Waals surface area contributed by atoms with E-state index in [4.69, 9.17) is 14.2 Å². The smallest absolute Gasteiger partial charge is 0.161 e. The van der Waals surface area contributed by atoms with Crippen molar-refractivity contribution in [1.82, 2.24) is 0 Å². The summed E-state index contributed by atoms with van der Waals surface area (Å²) in [4.78, 5) is 0. The third-order valence-corrected chi connectivity index (χ3v) is 7.17. The molecule has 31 heavy (non-hydrogen) atoms. The zero-order valence-electron chi connectivity index (χ0n) is 17.4. The Morgan fingerprint density at radius 2 is 1.68 bits per heavy atom. The minimum absolute atomic E-state index is 0.557. The highest BCUT2D eigenvalue weighted by atomic mass is 32.2. The topological polar surface area (TPSA) is 88.4 Å². The molecule has 0 amide bonds. The fourth-order valence-corrected chi connectivity index (χ4v) is 5.15. The molecule has 1 saturated carbocycles. The van der Waals surface area contributed by atoms with Gasteiger partial charge in [0, 0.05) is 0 Å². The van der Waals surface area contributed by atoms with Gasteiger partial charge in [0.1, 0.15) is 43.1 Å². The average molecular weight is 445 g/mol. The second-order valence-electron chi connectivity index (χ2n) is 8.52. The molecule has 1 aliphatic carbocycles. The van der Waals surface area contributed by atoms with Crippen LogP contribution in [-0.4, -0.2) is 58.5 Å². The molecule has 6 nitrogen and oxygen atoms in total. The van der Waals surface area contributed by atoms with Gasteiger partial charge in [-0.15, -0.1) is 11.8 Å². The highest BCUT2D eigenvalue weighted by Crippen LogP contribution is 2.44. The molecular formula is C24H28O6S. The highest BCUT2D eigenvalue weighted by Gasteiger charge is 2.44. The maximum absolute atomic E-state index is 10.6. The molecule has 0 bridgehead atoms. The third kappa shape index (κ3) is 4.17. The van der Waals surface area contributed by atoms with Gasteiger partial charge in [-0.1, -0.05) is 24.3 Å². The molecule has 3 N–H and O–H groups in total. The molecule has 2 aromatic carbocycles. The zero-order valence-corrected chi connectivity index (χ0v) is 18.3. The van der Waals surface area contributed by atoms with Crippen LogP contribution in [0.2, 0.25) is 0 Å². The van der Waals surface area contributed by atoms with Crippen LogP contribution in [0, 0.1) is 0 Å². The molecule has 1 unspecified atom stereocenters. The maximum atomic E-state index is 10.6. The molecule has 5 atom stereocenters. The summed E-state index contributed by atoms with van der Waals surface area (Å²) in [5, 5.41) is 31.1. The Morgan fingerprint density at radius 1 is 0.903 bits per heavy atom. The standard InChI is InChI=1S/C24H28O6S/c1-31-24-22(27)20(25)21(26)23(30-24)15-5-6-17(14-3-4-14)16(12-15)10-13-2-7-18-19(11-13)29-9-8-28-18/h2,5-7,11-12,14,20-27H,3-4,8-10H2,1H3/t20-,21-,22+,23+,24?/m1/s1. The summed E-state index contributed by atoms with van der Waals surface area (Å²) >= 11 is 1.33. The van der Waals surface area contributed by atoms with E-state index < -0.39 is 29.9 Å². The monoisotopic (exact) mass is 444 g/mol. The number of aliphatic hydroxyl groups is 3. The van der Waals surface area contributed by atoms with Crippen LogP contribution in [0.5, 0.6) is 11.5 Å². The lowest BCUT2D eigenvalue weighted by Gasteiger charge is -2.40. The lowest BCUT2D eigenvalue weighted by Crippen LogP contribution is -2.52. The van der Waals surface area contributed by atoms with E-state index in [2.05, 4.69) is 18.2 Å². The Kier molecular flexibility index (Phi) is 5.88. The quantitative estimate of drug-likeness (QED) is 0.654. The normalized spacial score (nSPS) is 30.3. The lowest BCUT2D eigenvalue weighted by atomic mass is 9.89. The average Bonchev–Trinajstić information content (AvgIpc) is 3.63. The van der Waals surface area contributed by atoms with E-state index in [1.54, 1.807) is 0 Å². The van der Waals surface area contributed by atoms with Crippen LogP contribution in [-0.2, 0) is 11.2 Å². The molecule has 0 spiro atoms. The largest absolute Gasteiger partial charge is 0.486 e. The first-order valence-electron chi connectivity index (χ1n) is 10.8. The predicted molar refractivity (Wildman–Crippen MR) is 118 cm³/mol. The first-order valence-corrected chi connectivity index (χ1v) is 12.1. The van der Waals surface area contributed by atoms with Gasteiger partial charge in [0.15, 0.2) is 11.5 Å². The summed E-state index contributed by atoms with van der Waals surface area (Å²) in [6.45, 7) is 1.13. The molecule has 166 valence electrons. The van der Waals surface area contributed by atoms with Crippen LogP contribution in [0.4, 0.5) is 0 Å². The summed E-state index contributed by atoms with van der Waals surface area (Å²) in [7, 11) is 0. The lowest BCUT2D eigenvalue weighted by molar-refractivity contribution is -0.200. The second kappa shape index (κ2) is 8.64. The molecule has 3 aliphatic rings. The number of hydrogen-bond acceptors (Lipinski definition) is 7. The molecule has 2 aromatic rings. The summed E-state index contributed by atoms with van der Waals surface area (Å²) in [6.07, 6.45) is 0.681. The van der Waals surface area contributed by atoms with Gasteiger partial charge in [-0.25, -0.2) is 0 Å². The minimum atomic E-state index is -1.25. The van der Waals surface area contributed by atoms with Gasteiger partial charge in [-0.05, 0) is 65.8 Å². The molecule has 5 rings (SSSR count). The Bertz CT molecular complexity index is 944. The van der Waals surface area contributed by atoms with E-state index in [0.717, 1.165) is 29.0 Å². The van der Waals surface area contributed by atoms with Crippen molar-refractivity contribution in [3.63, 3.8) is 0 Å². The molecule has 2 aliphatic heterocycles. The van der Waals surface area contributed by atoms with Crippen molar-refractivity contribution in [2.75, 3.05) is 19.5 Å². The zero-order chi connectivity index (χ0) is 21.5. The van der Waals surface area contributed by atoms with Crippen molar-refractivity contribution in [2.24, 2.45) is 0 Å². The van der Waals surface area contributed by atoms with Gasteiger partial charge in [0.25, 0.3) is 0 Å². The maximum Gasteiger partial charge on any atom is 0.161 e. The number of rotatable bonds is 5. The molecule has 7 heteroatoms. The molecule has 2 heterocycles. The van der Waals surface area contributed by atoms with E-state index in [1.807, 2.05) is 24.5 Å². The highest BCUT2D eigenvalue weighted by molar-refractivity contribution is 7.99. The van der Waals surface area contributed by atoms with Crippen molar-refractivity contribution in [3.8, 4) is 11.5 Å². The van der Waals surface area contributed by atoms with Crippen LogP contribution in [0.15, 0.2) is 36.4 Å². The van der Waals surface area contributed by atoms with E-state index in [9.17, 15) is 15.3 Å². The summed E-state index contributed by atoms with van der Waals surface area (Å²) in [6, 6.07) is 12.2. The number of ether oxygens (including phenoxy) is 3. The fourth-order valence-electron chi connectivity index (χ4n) is 4.48. The Hall–Kier alpha value is -1.77. The van der Waals surface area contributed by atoms with Crippen LogP contribution < -0.4 is 9.47 Å². The summed E-state index contributed by atoms with van der Waals surface area (Å²) in [5.41, 5.74) is 3.87. The van der Waals surface area contributed by atoms with E-state index in [0.29, 0.717) is 19.1 Å². The first kappa shape index (κ1) is 21.1. The van der Waals surface area contributed by atoms with E-state index in [1.165, 1.54) is 35.7 Å². The van der Waals surface area contributed by atoms with Gasteiger partial charge in [-0.2, -0.15) is 0 Å². The molecule has 0 radical (unpaired) electrons. The summed E-state index contributed by atoms with van der Waals surface area (Å²) in [5.74, 6) is 2.13. The molecule has 0 aromatic heterocycles. The fraction of sp³-hybridized carbons (Fsp3) is 0.500.